The molecule has 1 aromatic rings. The van der Waals surface area contributed by atoms with Crippen LogP contribution in [0.3, 0.4) is 0 Å². The summed E-state index contributed by atoms with van der Waals surface area (Å²) in [6, 6.07) is 5.93. The molecule has 0 saturated heterocycles. The fraction of sp³-hybridized carbons (Fsp3) is 0.600. The van der Waals surface area contributed by atoms with Gasteiger partial charge < -0.3 is 5.32 Å². The third kappa shape index (κ3) is 4.62. The third-order valence-electron chi connectivity index (χ3n) is 3.53. The molecule has 0 radical (unpaired) electrons. The van der Waals surface area contributed by atoms with E-state index in [1.165, 1.54) is 0 Å². The van der Waals surface area contributed by atoms with Gasteiger partial charge in [0.1, 0.15) is 0 Å². The van der Waals surface area contributed by atoms with Crippen molar-refractivity contribution in [3.05, 3.63) is 29.3 Å². The summed E-state index contributed by atoms with van der Waals surface area (Å²) in [5.74, 6) is 0.231. The van der Waals surface area contributed by atoms with Crippen LogP contribution in [-0.4, -0.2) is 27.3 Å². The molecule has 1 unspecified atom stereocenters. The Morgan fingerprint density at radius 1 is 1.26 bits per heavy atom. The minimum atomic E-state index is -3.15. The Bertz CT molecular complexity index is 505. The molecule has 1 rings (SSSR count). The first-order valence-corrected chi connectivity index (χ1v) is 8.53. The summed E-state index contributed by atoms with van der Waals surface area (Å²) in [5, 5.41) is 3.20. The molecule has 0 fully saturated rings. The van der Waals surface area contributed by atoms with E-state index < -0.39 is 9.84 Å². The average Bonchev–Trinajstić information content (AvgIpc) is 2.34. The van der Waals surface area contributed by atoms with Gasteiger partial charge in [0.25, 0.3) is 0 Å². The molecule has 0 aliphatic heterocycles. The summed E-state index contributed by atoms with van der Waals surface area (Å²) >= 11 is 0. The Kier molecular flexibility index (Phi) is 6.01. The Hall–Kier alpha value is -0.870. The number of nitrogens with one attached hydrogen (secondary N) is 1. The lowest BCUT2D eigenvalue weighted by molar-refractivity contribution is 0.500. The molecular weight excluding hydrogens is 258 g/mol. The summed E-state index contributed by atoms with van der Waals surface area (Å²) in [7, 11) is -1.22. The van der Waals surface area contributed by atoms with Gasteiger partial charge in [-0.15, -0.1) is 0 Å². The lowest BCUT2D eigenvalue weighted by Gasteiger charge is -2.14. The van der Waals surface area contributed by atoms with Gasteiger partial charge in [-0.1, -0.05) is 24.6 Å². The van der Waals surface area contributed by atoms with E-state index >= 15 is 0 Å². The van der Waals surface area contributed by atoms with Gasteiger partial charge in [0.15, 0.2) is 9.84 Å². The van der Waals surface area contributed by atoms with Crippen LogP contribution in [0.1, 0.15) is 37.3 Å². The minimum absolute atomic E-state index is 0.231. The van der Waals surface area contributed by atoms with E-state index in [4.69, 9.17) is 0 Å². The van der Waals surface area contributed by atoms with Crippen molar-refractivity contribution in [2.45, 2.75) is 51.0 Å². The Balaban J connectivity index is 2.71. The standard InChI is InChI=1S/C15H25NO2S/c1-5-14(16-4)7-6-10-19(17,18)15-9-8-12(2)11-13(15)3/h8-9,11,14,16H,5-7,10H2,1-4H3. The van der Waals surface area contributed by atoms with Crippen LogP contribution < -0.4 is 5.32 Å². The Morgan fingerprint density at radius 2 is 1.95 bits per heavy atom. The zero-order valence-electron chi connectivity index (χ0n) is 12.4. The van der Waals surface area contributed by atoms with E-state index in [1.807, 2.05) is 33.0 Å². The number of sulfone groups is 1. The summed E-state index contributed by atoms with van der Waals surface area (Å²) in [6.45, 7) is 5.95. The van der Waals surface area contributed by atoms with Crippen molar-refractivity contribution in [1.82, 2.24) is 5.32 Å². The van der Waals surface area contributed by atoms with Crippen LogP contribution in [0, 0.1) is 13.8 Å². The number of rotatable bonds is 7. The number of aryl methyl sites for hydroxylation is 2. The van der Waals surface area contributed by atoms with Crippen LogP contribution in [0.15, 0.2) is 23.1 Å². The smallest absolute Gasteiger partial charge is 0.178 e. The van der Waals surface area contributed by atoms with Gasteiger partial charge in [-0.25, -0.2) is 8.42 Å². The van der Waals surface area contributed by atoms with Crippen molar-refractivity contribution in [1.29, 1.82) is 0 Å². The molecule has 0 bridgehead atoms. The van der Waals surface area contributed by atoms with Gasteiger partial charge in [0, 0.05) is 6.04 Å². The maximum absolute atomic E-state index is 12.3. The fourth-order valence-corrected chi connectivity index (χ4v) is 3.92. The molecule has 0 spiro atoms. The van der Waals surface area contributed by atoms with E-state index in [-0.39, 0.29) is 5.75 Å². The van der Waals surface area contributed by atoms with Gasteiger partial charge in [0.2, 0.25) is 0 Å². The Morgan fingerprint density at radius 3 is 2.47 bits per heavy atom. The number of hydrogen-bond donors (Lipinski definition) is 1. The highest BCUT2D eigenvalue weighted by molar-refractivity contribution is 7.91. The minimum Gasteiger partial charge on any atom is -0.317 e. The number of hydrogen-bond acceptors (Lipinski definition) is 3. The predicted octanol–water partition coefficient (Wildman–Crippen LogP) is 2.86. The summed E-state index contributed by atoms with van der Waals surface area (Å²) in [5.41, 5.74) is 1.94. The first-order valence-electron chi connectivity index (χ1n) is 6.88. The van der Waals surface area contributed by atoms with Gasteiger partial charge in [-0.2, -0.15) is 0 Å². The molecule has 3 nitrogen and oxygen atoms in total. The van der Waals surface area contributed by atoms with Crippen LogP contribution in [-0.2, 0) is 9.84 Å². The lowest BCUT2D eigenvalue weighted by Crippen LogP contribution is -2.24. The molecule has 1 atom stereocenters. The van der Waals surface area contributed by atoms with Crippen LogP contribution >= 0.6 is 0 Å². The van der Waals surface area contributed by atoms with Crippen molar-refractivity contribution in [2.75, 3.05) is 12.8 Å². The predicted molar refractivity (Wildman–Crippen MR) is 80.3 cm³/mol. The highest BCUT2D eigenvalue weighted by Crippen LogP contribution is 2.19. The monoisotopic (exact) mass is 283 g/mol. The maximum atomic E-state index is 12.3. The fourth-order valence-electron chi connectivity index (χ4n) is 2.33. The summed E-state index contributed by atoms with van der Waals surface area (Å²) < 4.78 is 24.6. The second kappa shape index (κ2) is 7.06. The van der Waals surface area contributed by atoms with Crippen LogP contribution in [0.5, 0.6) is 0 Å². The summed E-state index contributed by atoms with van der Waals surface area (Å²) in [4.78, 5) is 0.482. The second-order valence-electron chi connectivity index (χ2n) is 5.12. The molecule has 1 N–H and O–H groups in total. The highest BCUT2D eigenvalue weighted by Gasteiger charge is 2.17. The van der Waals surface area contributed by atoms with E-state index in [0.717, 1.165) is 24.0 Å². The third-order valence-corrected chi connectivity index (χ3v) is 5.49. The SMILES string of the molecule is CCC(CCCS(=O)(=O)c1ccc(C)cc1C)NC. The van der Waals surface area contributed by atoms with Crippen LogP contribution in [0.2, 0.25) is 0 Å². The zero-order valence-corrected chi connectivity index (χ0v) is 13.2. The van der Waals surface area contributed by atoms with Gasteiger partial charge in [-0.05, 0) is 51.8 Å². The topological polar surface area (TPSA) is 46.2 Å². The largest absolute Gasteiger partial charge is 0.317 e. The van der Waals surface area contributed by atoms with Crippen molar-refractivity contribution in [3.8, 4) is 0 Å². The van der Waals surface area contributed by atoms with E-state index in [0.29, 0.717) is 17.4 Å². The molecule has 0 aliphatic carbocycles. The molecule has 0 heterocycles. The van der Waals surface area contributed by atoms with E-state index in [2.05, 4.69) is 12.2 Å². The zero-order chi connectivity index (χ0) is 14.5. The van der Waals surface area contributed by atoms with Gasteiger partial charge in [-0.3, -0.25) is 0 Å². The highest BCUT2D eigenvalue weighted by atomic mass is 32.2. The number of benzene rings is 1. The van der Waals surface area contributed by atoms with Crippen molar-refractivity contribution in [2.24, 2.45) is 0 Å². The van der Waals surface area contributed by atoms with Gasteiger partial charge >= 0.3 is 0 Å². The molecule has 1 aromatic carbocycles. The first kappa shape index (κ1) is 16.2. The van der Waals surface area contributed by atoms with Crippen LogP contribution in [0.4, 0.5) is 0 Å². The molecule has 108 valence electrons. The van der Waals surface area contributed by atoms with Crippen molar-refractivity contribution < 1.29 is 8.42 Å². The second-order valence-corrected chi connectivity index (χ2v) is 7.20. The van der Waals surface area contributed by atoms with E-state index in [9.17, 15) is 8.42 Å². The molecular formula is C15H25NO2S. The molecule has 0 aliphatic rings. The summed E-state index contributed by atoms with van der Waals surface area (Å²) in [6.07, 6.45) is 2.63. The molecule has 4 heteroatoms. The molecule has 19 heavy (non-hydrogen) atoms. The lowest BCUT2D eigenvalue weighted by atomic mass is 10.1. The molecule has 0 amide bonds. The van der Waals surface area contributed by atoms with E-state index in [1.54, 1.807) is 6.07 Å². The van der Waals surface area contributed by atoms with Gasteiger partial charge in [0.05, 0.1) is 10.6 Å². The van der Waals surface area contributed by atoms with Crippen molar-refractivity contribution >= 4 is 9.84 Å². The Labute approximate surface area is 117 Å². The first-order chi connectivity index (χ1) is 8.90. The van der Waals surface area contributed by atoms with Crippen LogP contribution in [0.25, 0.3) is 0 Å². The maximum Gasteiger partial charge on any atom is 0.178 e. The molecule has 0 aromatic heterocycles. The normalized spacial score (nSPS) is 13.5. The molecule has 0 saturated carbocycles. The average molecular weight is 283 g/mol. The van der Waals surface area contributed by atoms with Crippen molar-refractivity contribution in [3.63, 3.8) is 0 Å². The quantitative estimate of drug-likeness (QED) is 0.837.